The summed E-state index contributed by atoms with van der Waals surface area (Å²) in [6, 6.07) is 10.6. The molecule has 0 N–H and O–H groups in total. The van der Waals surface area contributed by atoms with Crippen molar-refractivity contribution in [3.8, 4) is 0 Å². The van der Waals surface area contributed by atoms with Crippen LogP contribution in [0, 0.1) is 5.41 Å². The van der Waals surface area contributed by atoms with Crippen LogP contribution < -0.4 is 0 Å². The van der Waals surface area contributed by atoms with E-state index in [-0.39, 0.29) is 5.41 Å². The highest BCUT2D eigenvalue weighted by Gasteiger charge is 2.48. The van der Waals surface area contributed by atoms with Crippen LogP contribution in [0.15, 0.2) is 30.3 Å². The second-order valence-corrected chi connectivity index (χ2v) is 5.46. The van der Waals surface area contributed by atoms with Gasteiger partial charge in [0.05, 0.1) is 0 Å². The van der Waals surface area contributed by atoms with Crippen molar-refractivity contribution in [1.82, 2.24) is 0 Å². The lowest BCUT2D eigenvalue weighted by atomic mass is 9.51. The molecule has 0 aliphatic heterocycles. The van der Waals surface area contributed by atoms with Gasteiger partial charge in [-0.05, 0) is 29.2 Å². The molecule has 1 heteroatoms. The molecular formula is C14H18O. The Bertz CT molecular complexity index is 347. The summed E-state index contributed by atoms with van der Waals surface area (Å²) < 4.78 is 0. The van der Waals surface area contributed by atoms with Crippen molar-refractivity contribution in [2.45, 2.75) is 38.5 Å². The molecule has 0 saturated heterocycles. The van der Waals surface area contributed by atoms with Crippen LogP contribution in [0.25, 0.3) is 0 Å². The Morgan fingerprint density at radius 3 is 2.33 bits per heavy atom. The first-order valence-corrected chi connectivity index (χ1v) is 5.57. The Kier molecular flexibility index (Phi) is 2.41. The average Bonchev–Trinajstić information content (AvgIpc) is 2.17. The van der Waals surface area contributed by atoms with Gasteiger partial charge in [-0.15, -0.1) is 0 Å². The fraction of sp³-hybridized carbons (Fsp3) is 0.500. The second-order valence-electron chi connectivity index (χ2n) is 5.46. The molecule has 1 aliphatic rings. The summed E-state index contributed by atoms with van der Waals surface area (Å²) in [6.07, 6.45) is 4.02. The minimum atomic E-state index is 0.242. The Balaban J connectivity index is 2.11. The molecule has 0 amide bonds. The zero-order chi connectivity index (χ0) is 10.9. The monoisotopic (exact) mass is 202 g/mol. The summed E-state index contributed by atoms with van der Waals surface area (Å²) in [5, 5.41) is 0. The molecule has 1 fully saturated rings. The minimum absolute atomic E-state index is 0.242. The Morgan fingerprint density at radius 2 is 1.80 bits per heavy atom. The maximum Gasteiger partial charge on any atom is 0.120 e. The van der Waals surface area contributed by atoms with Crippen molar-refractivity contribution in [3.63, 3.8) is 0 Å². The van der Waals surface area contributed by atoms with Crippen LogP contribution in [0.1, 0.15) is 38.7 Å². The number of benzene rings is 1. The topological polar surface area (TPSA) is 17.1 Å². The van der Waals surface area contributed by atoms with Crippen molar-refractivity contribution in [2.75, 3.05) is 0 Å². The van der Waals surface area contributed by atoms with Crippen molar-refractivity contribution < 1.29 is 4.79 Å². The van der Waals surface area contributed by atoms with Gasteiger partial charge in [0, 0.05) is 6.42 Å². The highest BCUT2D eigenvalue weighted by Crippen LogP contribution is 2.56. The zero-order valence-corrected chi connectivity index (χ0v) is 9.49. The van der Waals surface area contributed by atoms with Gasteiger partial charge in [0.2, 0.25) is 0 Å². The summed E-state index contributed by atoms with van der Waals surface area (Å²) >= 11 is 0. The molecular weight excluding hydrogens is 184 g/mol. The molecule has 0 aromatic heterocycles. The summed E-state index contributed by atoms with van der Waals surface area (Å²) in [5.41, 5.74) is 1.94. The van der Waals surface area contributed by atoms with Gasteiger partial charge >= 0.3 is 0 Å². The van der Waals surface area contributed by atoms with E-state index < -0.39 is 0 Å². The first-order valence-electron chi connectivity index (χ1n) is 5.57. The SMILES string of the molecule is CC1(CC=O)CC(C)(c2ccccc2)C1. The van der Waals surface area contributed by atoms with E-state index in [0.29, 0.717) is 11.8 Å². The molecule has 1 aromatic rings. The van der Waals surface area contributed by atoms with Crippen LogP contribution in [0.5, 0.6) is 0 Å². The summed E-state index contributed by atoms with van der Waals surface area (Å²) in [5.74, 6) is 0. The number of hydrogen-bond acceptors (Lipinski definition) is 1. The molecule has 0 spiro atoms. The molecule has 1 aliphatic carbocycles. The molecule has 0 atom stereocenters. The standard InChI is InChI=1S/C14H18O/c1-13(8-9-15)10-14(2,11-13)12-6-4-3-5-7-12/h3-7,9H,8,10-11H2,1-2H3. The van der Waals surface area contributed by atoms with Crippen LogP contribution in [0.2, 0.25) is 0 Å². The maximum atomic E-state index is 10.6. The fourth-order valence-electron chi connectivity index (χ4n) is 3.22. The Morgan fingerprint density at radius 1 is 1.20 bits per heavy atom. The van der Waals surface area contributed by atoms with Gasteiger partial charge in [0.25, 0.3) is 0 Å². The van der Waals surface area contributed by atoms with Gasteiger partial charge in [-0.3, -0.25) is 0 Å². The highest BCUT2D eigenvalue weighted by atomic mass is 16.1. The van der Waals surface area contributed by atoms with Gasteiger partial charge in [-0.25, -0.2) is 0 Å². The van der Waals surface area contributed by atoms with Crippen LogP contribution >= 0.6 is 0 Å². The molecule has 1 nitrogen and oxygen atoms in total. The molecule has 15 heavy (non-hydrogen) atoms. The number of aldehydes is 1. The van der Waals surface area contributed by atoms with Crippen LogP contribution in [0.4, 0.5) is 0 Å². The predicted octanol–water partition coefficient (Wildman–Crippen LogP) is 3.33. The molecule has 2 rings (SSSR count). The van der Waals surface area contributed by atoms with E-state index in [1.165, 1.54) is 5.56 Å². The quantitative estimate of drug-likeness (QED) is 0.687. The lowest BCUT2D eigenvalue weighted by Crippen LogP contribution is -2.46. The molecule has 0 unspecified atom stereocenters. The van der Waals surface area contributed by atoms with E-state index >= 15 is 0 Å². The van der Waals surface area contributed by atoms with E-state index in [2.05, 4.69) is 44.2 Å². The fourth-order valence-corrected chi connectivity index (χ4v) is 3.22. The van der Waals surface area contributed by atoms with Gasteiger partial charge < -0.3 is 4.79 Å². The third kappa shape index (κ3) is 1.83. The third-order valence-corrected chi connectivity index (χ3v) is 3.68. The average molecular weight is 202 g/mol. The van der Waals surface area contributed by atoms with Crippen molar-refractivity contribution >= 4 is 6.29 Å². The van der Waals surface area contributed by atoms with E-state index in [9.17, 15) is 4.79 Å². The van der Waals surface area contributed by atoms with Gasteiger partial charge in [0.1, 0.15) is 6.29 Å². The number of hydrogen-bond donors (Lipinski definition) is 0. The normalized spacial score (nSPS) is 34.5. The minimum Gasteiger partial charge on any atom is -0.303 e. The second kappa shape index (κ2) is 3.48. The molecule has 1 saturated carbocycles. The van der Waals surface area contributed by atoms with E-state index in [4.69, 9.17) is 0 Å². The molecule has 0 heterocycles. The number of rotatable bonds is 3. The zero-order valence-electron chi connectivity index (χ0n) is 9.49. The van der Waals surface area contributed by atoms with Gasteiger partial charge in [0.15, 0.2) is 0 Å². The number of carbonyl (C=O) groups excluding carboxylic acids is 1. The van der Waals surface area contributed by atoms with Crippen molar-refractivity contribution in [1.29, 1.82) is 0 Å². The Labute approximate surface area is 91.5 Å². The number of carbonyl (C=O) groups is 1. The predicted molar refractivity (Wildman–Crippen MR) is 61.8 cm³/mol. The van der Waals surface area contributed by atoms with Crippen LogP contribution in [0.3, 0.4) is 0 Å². The van der Waals surface area contributed by atoms with E-state index in [1.807, 2.05) is 0 Å². The van der Waals surface area contributed by atoms with Gasteiger partial charge in [-0.1, -0.05) is 44.2 Å². The third-order valence-electron chi connectivity index (χ3n) is 3.68. The molecule has 80 valence electrons. The van der Waals surface area contributed by atoms with Crippen LogP contribution in [-0.4, -0.2) is 6.29 Å². The van der Waals surface area contributed by atoms with Crippen LogP contribution in [-0.2, 0) is 10.2 Å². The van der Waals surface area contributed by atoms with Crippen molar-refractivity contribution in [3.05, 3.63) is 35.9 Å². The lowest BCUT2D eigenvalue weighted by Gasteiger charge is -2.53. The largest absolute Gasteiger partial charge is 0.303 e. The molecule has 0 bridgehead atoms. The first-order chi connectivity index (χ1) is 7.08. The highest BCUT2D eigenvalue weighted by molar-refractivity contribution is 5.51. The Hall–Kier alpha value is -1.11. The maximum absolute atomic E-state index is 10.6. The summed E-state index contributed by atoms with van der Waals surface area (Å²) in [6.45, 7) is 4.51. The van der Waals surface area contributed by atoms with Gasteiger partial charge in [-0.2, -0.15) is 0 Å². The molecule has 0 radical (unpaired) electrons. The summed E-state index contributed by atoms with van der Waals surface area (Å²) in [4.78, 5) is 10.6. The van der Waals surface area contributed by atoms with E-state index in [0.717, 1.165) is 19.1 Å². The van der Waals surface area contributed by atoms with Crippen molar-refractivity contribution in [2.24, 2.45) is 5.41 Å². The molecule has 1 aromatic carbocycles. The van der Waals surface area contributed by atoms with E-state index in [1.54, 1.807) is 0 Å². The lowest BCUT2D eigenvalue weighted by molar-refractivity contribution is -0.112. The first kappa shape index (κ1) is 10.4. The summed E-state index contributed by atoms with van der Waals surface area (Å²) in [7, 11) is 0. The smallest absolute Gasteiger partial charge is 0.120 e.